The number of carbonyl (C=O) groups excluding carboxylic acids is 1. The van der Waals surface area contributed by atoms with Crippen molar-refractivity contribution in [1.82, 2.24) is 5.43 Å². The third-order valence-corrected chi connectivity index (χ3v) is 4.29. The van der Waals surface area contributed by atoms with Crippen LogP contribution in [0.3, 0.4) is 0 Å². The molecule has 0 fully saturated rings. The molecule has 0 spiro atoms. The van der Waals surface area contributed by atoms with Crippen LogP contribution in [-0.2, 0) is 0 Å². The lowest BCUT2D eigenvalue weighted by Crippen LogP contribution is -2.16. The summed E-state index contributed by atoms with van der Waals surface area (Å²) in [7, 11) is 1.57. The molecule has 3 rings (SSSR count). The highest BCUT2D eigenvalue weighted by molar-refractivity contribution is 9.10. The molecule has 0 saturated heterocycles. The summed E-state index contributed by atoms with van der Waals surface area (Å²) in [6.45, 7) is 2.43. The molecule has 26 heavy (non-hydrogen) atoms. The molecular formula is C19H17BrN2O4. The first-order valence-electron chi connectivity index (χ1n) is 7.94. The third kappa shape index (κ3) is 3.88. The van der Waals surface area contributed by atoms with Crippen molar-refractivity contribution in [2.45, 2.75) is 6.92 Å². The fourth-order valence-electron chi connectivity index (χ4n) is 2.39. The highest BCUT2D eigenvalue weighted by Crippen LogP contribution is 2.32. The van der Waals surface area contributed by atoms with Crippen LogP contribution in [0.15, 0.2) is 56.5 Å². The van der Waals surface area contributed by atoms with Crippen molar-refractivity contribution in [3.05, 3.63) is 58.3 Å². The number of nitrogens with one attached hydrogen (secondary N) is 1. The number of hydrogen-bond donors (Lipinski definition) is 1. The van der Waals surface area contributed by atoms with Crippen molar-refractivity contribution in [1.29, 1.82) is 0 Å². The zero-order chi connectivity index (χ0) is 18.5. The summed E-state index contributed by atoms with van der Waals surface area (Å²) in [5, 5.41) is 4.85. The number of rotatable bonds is 6. The van der Waals surface area contributed by atoms with E-state index in [0.29, 0.717) is 23.7 Å². The molecule has 2 aromatic carbocycles. The monoisotopic (exact) mass is 416 g/mol. The Morgan fingerprint density at radius 3 is 2.81 bits per heavy atom. The van der Waals surface area contributed by atoms with Gasteiger partial charge in [-0.25, -0.2) is 5.43 Å². The number of nitrogens with zero attached hydrogens (tertiary/aromatic N) is 1. The van der Waals surface area contributed by atoms with Gasteiger partial charge in [-0.2, -0.15) is 5.10 Å². The van der Waals surface area contributed by atoms with E-state index in [1.54, 1.807) is 31.4 Å². The van der Waals surface area contributed by atoms with Crippen LogP contribution in [0, 0.1) is 0 Å². The summed E-state index contributed by atoms with van der Waals surface area (Å²) in [4.78, 5) is 12.2. The second-order valence-electron chi connectivity index (χ2n) is 5.31. The SMILES string of the molecule is CCOc1cc(Br)c(/C=N/NC(=O)c2cc3ccccc3o2)cc1OC. The smallest absolute Gasteiger partial charge is 0.307 e. The molecule has 0 bridgehead atoms. The molecule has 1 N–H and O–H groups in total. The lowest BCUT2D eigenvalue weighted by atomic mass is 10.2. The Morgan fingerprint density at radius 1 is 1.27 bits per heavy atom. The van der Waals surface area contributed by atoms with Crippen LogP contribution in [0.4, 0.5) is 0 Å². The van der Waals surface area contributed by atoms with Gasteiger partial charge < -0.3 is 13.9 Å². The summed E-state index contributed by atoms with van der Waals surface area (Å²) in [5.74, 6) is 0.989. The summed E-state index contributed by atoms with van der Waals surface area (Å²) in [6, 6.07) is 12.7. The van der Waals surface area contributed by atoms with Gasteiger partial charge in [0.2, 0.25) is 0 Å². The van der Waals surface area contributed by atoms with Crippen molar-refractivity contribution in [2.24, 2.45) is 5.10 Å². The largest absolute Gasteiger partial charge is 0.493 e. The lowest BCUT2D eigenvalue weighted by Gasteiger charge is -2.11. The number of fused-ring (bicyclic) bond motifs is 1. The Balaban J connectivity index is 1.74. The van der Waals surface area contributed by atoms with Crippen LogP contribution in [0.25, 0.3) is 11.0 Å². The number of para-hydroxylation sites is 1. The van der Waals surface area contributed by atoms with Gasteiger partial charge in [-0.1, -0.05) is 18.2 Å². The van der Waals surface area contributed by atoms with Gasteiger partial charge in [-0.3, -0.25) is 4.79 Å². The standard InChI is InChI=1S/C19H17BrN2O4/c1-3-25-17-10-14(20)13(9-16(17)24-2)11-21-22-19(23)18-8-12-6-4-5-7-15(12)26-18/h4-11H,3H2,1-2H3,(H,22,23)/b21-11+. The van der Waals surface area contributed by atoms with Crippen molar-refractivity contribution in [3.63, 3.8) is 0 Å². The molecule has 134 valence electrons. The molecule has 1 aromatic heterocycles. The normalized spacial score (nSPS) is 11.0. The highest BCUT2D eigenvalue weighted by Gasteiger charge is 2.12. The Morgan fingerprint density at radius 2 is 2.08 bits per heavy atom. The zero-order valence-electron chi connectivity index (χ0n) is 14.3. The maximum atomic E-state index is 12.2. The number of ether oxygens (including phenoxy) is 2. The Labute approximate surface area is 158 Å². The maximum absolute atomic E-state index is 12.2. The van der Waals surface area contributed by atoms with Crippen LogP contribution in [0.1, 0.15) is 23.0 Å². The number of benzene rings is 2. The van der Waals surface area contributed by atoms with Crippen LogP contribution in [0.2, 0.25) is 0 Å². The van der Waals surface area contributed by atoms with E-state index in [9.17, 15) is 4.79 Å². The molecule has 7 heteroatoms. The molecule has 0 atom stereocenters. The predicted octanol–water partition coefficient (Wildman–Crippen LogP) is 4.37. The van der Waals surface area contributed by atoms with Gasteiger partial charge in [0.05, 0.1) is 19.9 Å². The van der Waals surface area contributed by atoms with E-state index in [0.717, 1.165) is 15.4 Å². The minimum Gasteiger partial charge on any atom is -0.493 e. The van der Waals surface area contributed by atoms with Gasteiger partial charge in [-0.05, 0) is 47.1 Å². The Bertz CT molecular complexity index is 932. The van der Waals surface area contributed by atoms with Gasteiger partial charge in [0.1, 0.15) is 5.58 Å². The zero-order valence-corrected chi connectivity index (χ0v) is 15.9. The van der Waals surface area contributed by atoms with Crippen LogP contribution in [-0.4, -0.2) is 25.8 Å². The Kier molecular flexibility index (Phi) is 5.58. The number of amides is 1. The number of furan rings is 1. The molecular weight excluding hydrogens is 400 g/mol. The fraction of sp³-hybridized carbons (Fsp3) is 0.158. The number of hydrogen-bond acceptors (Lipinski definition) is 5. The quantitative estimate of drug-likeness (QED) is 0.478. The molecule has 1 heterocycles. The topological polar surface area (TPSA) is 73.1 Å². The molecule has 0 aliphatic rings. The van der Waals surface area contributed by atoms with Crippen LogP contribution >= 0.6 is 15.9 Å². The Hall–Kier alpha value is -2.80. The number of hydrazone groups is 1. The van der Waals surface area contributed by atoms with E-state index < -0.39 is 5.91 Å². The van der Waals surface area contributed by atoms with Gasteiger partial charge in [-0.15, -0.1) is 0 Å². The second-order valence-corrected chi connectivity index (χ2v) is 6.16. The van der Waals surface area contributed by atoms with E-state index in [2.05, 4.69) is 26.5 Å². The second kappa shape index (κ2) is 8.05. The predicted molar refractivity (Wildman–Crippen MR) is 103 cm³/mol. The summed E-state index contributed by atoms with van der Waals surface area (Å²) < 4.78 is 17.1. The minimum absolute atomic E-state index is 0.201. The molecule has 0 saturated carbocycles. The summed E-state index contributed by atoms with van der Waals surface area (Å²) >= 11 is 3.46. The van der Waals surface area contributed by atoms with E-state index in [1.807, 2.05) is 25.1 Å². The summed E-state index contributed by atoms with van der Waals surface area (Å²) in [6.07, 6.45) is 1.52. The van der Waals surface area contributed by atoms with E-state index in [-0.39, 0.29) is 5.76 Å². The average molecular weight is 417 g/mol. The molecule has 1 amide bonds. The molecule has 0 unspecified atom stereocenters. The number of methoxy groups -OCH3 is 1. The average Bonchev–Trinajstić information content (AvgIpc) is 3.08. The fourth-order valence-corrected chi connectivity index (χ4v) is 2.81. The van der Waals surface area contributed by atoms with Crippen molar-refractivity contribution < 1.29 is 18.7 Å². The van der Waals surface area contributed by atoms with Gasteiger partial charge >= 0.3 is 5.91 Å². The summed E-state index contributed by atoms with van der Waals surface area (Å²) in [5.41, 5.74) is 3.84. The number of halogens is 1. The van der Waals surface area contributed by atoms with Crippen molar-refractivity contribution in [2.75, 3.05) is 13.7 Å². The van der Waals surface area contributed by atoms with Gasteiger partial charge in [0, 0.05) is 15.4 Å². The number of carbonyl (C=O) groups is 1. The first-order chi connectivity index (χ1) is 12.6. The first-order valence-corrected chi connectivity index (χ1v) is 8.74. The van der Waals surface area contributed by atoms with Gasteiger partial charge in [0.25, 0.3) is 0 Å². The molecule has 0 aliphatic carbocycles. The van der Waals surface area contributed by atoms with E-state index in [4.69, 9.17) is 13.9 Å². The van der Waals surface area contributed by atoms with Crippen molar-refractivity contribution in [3.8, 4) is 11.5 Å². The van der Waals surface area contributed by atoms with E-state index in [1.165, 1.54) is 6.21 Å². The first kappa shape index (κ1) is 18.0. The van der Waals surface area contributed by atoms with Crippen LogP contribution in [0.5, 0.6) is 11.5 Å². The van der Waals surface area contributed by atoms with E-state index >= 15 is 0 Å². The molecule has 6 nitrogen and oxygen atoms in total. The van der Waals surface area contributed by atoms with Gasteiger partial charge in [0.15, 0.2) is 17.3 Å². The maximum Gasteiger partial charge on any atom is 0.307 e. The van der Waals surface area contributed by atoms with Crippen molar-refractivity contribution >= 4 is 39.0 Å². The molecule has 0 aliphatic heterocycles. The molecule has 3 aromatic rings. The van der Waals surface area contributed by atoms with Crippen LogP contribution < -0.4 is 14.9 Å². The molecule has 0 radical (unpaired) electrons. The minimum atomic E-state index is -0.425. The third-order valence-electron chi connectivity index (χ3n) is 3.60. The lowest BCUT2D eigenvalue weighted by molar-refractivity contribution is 0.0929. The highest BCUT2D eigenvalue weighted by atomic mass is 79.9.